The van der Waals surface area contributed by atoms with E-state index in [1.54, 1.807) is 22.0 Å². The van der Waals surface area contributed by atoms with Gasteiger partial charge in [-0.1, -0.05) is 30.3 Å². The summed E-state index contributed by atoms with van der Waals surface area (Å²) in [6.45, 7) is 1.87. The molecular formula is C15H19N7S2. The Morgan fingerprint density at radius 3 is 1.79 bits per heavy atom. The van der Waals surface area contributed by atoms with Gasteiger partial charge in [-0.2, -0.15) is 10.2 Å². The summed E-state index contributed by atoms with van der Waals surface area (Å²) < 4.78 is 8.59. The van der Waals surface area contributed by atoms with Crippen molar-refractivity contribution in [1.82, 2.24) is 33.6 Å². The molecule has 2 aromatic heterocycles. The van der Waals surface area contributed by atoms with Crippen molar-refractivity contribution in [2.75, 3.05) is 0 Å². The zero-order valence-corrected chi connectivity index (χ0v) is 15.2. The van der Waals surface area contributed by atoms with E-state index in [-0.39, 0.29) is 0 Å². The lowest BCUT2D eigenvalue weighted by molar-refractivity contribution is 0.141. The van der Waals surface area contributed by atoms with Crippen LogP contribution in [0.25, 0.3) is 0 Å². The second-order valence-electron chi connectivity index (χ2n) is 5.65. The summed E-state index contributed by atoms with van der Waals surface area (Å²) >= 11 is 10.8. The van der Waals surface area contributed by atoms with E-state index in [1.165, 1.54) is 5.56 Å². The molecule has 7 nitrogen and oxygen atoms in total. The molecule has 0 saturated carbocycles. The maximum absolute atomic E-state index is 5.39. The smallest absolute Gasteiger partial charge is 0.198 e. The summed E-state index contributed by atoms with van der Waals surface area (Å²) in [5.41, 5.74) is 1.21. The van der Waals surface area contributed by atoms with Crippen LogP contribution >= 0.6 is 24.4 Å². The van der Waals surface area contributed by atoms with Crippen molar-refractivity contribution < 1.29 is 0 Å². The van der Waals surface area contributed by atoms with E-state index in [1.807, 2.05) is 41.4 Å². The van der Waals surface area contributed by atoms with Gasteiger partial charge < -0.3 is 9.13 Å². The molecule has 0 amide bonds. The molecule has 0 N–H and O–H groups in total. The summed E-state index contributed by atoms with van der Waals surface area (Å²) in [5, 5.41) is 8.68. The van der Waals surface area contributed by atoms with Gasteiger partial charge in [0.15, 0.2) is 9.54 Å². The minimum Gasteiger partial charge on any atom is -0.310 e. The SMILES string of the molecule is Cn1cnn(CN(Cc2ccccc2)Cn2ncn(C)c2=S)c1=S. The number of rotatable bonds is 6. The van der Waals surface area contributed by atoms with Crippen LogP contribution in [-0.4, -0.2) is 33.6 Å². The second-order valence-corrected chi connectivity index (χ2v) is 6.38. The number of aromatic nitrogens is 6. The zero-order valence-electron chi connectivity index (χ0n) is 13.6. The summed E-state index contributed by atoms with van der Waals surface area (Å²) in [5.74, 6) is 0. The monoisotopic (exact) mass is 361 g/mol. The standard InChI is InChI=1S/C15H19N7S2/c1-18-9-16-21(14(18)23)11-20(8-13-6-4-3-5-7-13)12-22-15(24)19(2)10-17-22/h3-7,9-10H,8,11-12H2,1-2H3. The molecule has 0 fully saturated rings. The molecule has 1 aromatic carbocycles. The highest BCUT2D eigenvalue weighted by Gasteiger charge is 2.11. The molecule has 9 heteroatoms. The first-order valence-electron chi connectivity index (χ1n) is 7.48. The first-order chi connectivity index (χ1) is 11.5. The molecule has 0 bridgehead atoms. The van der Waals surface area contributed by atoms with E-state index in [0.717, 1.165) is 6.54 Å². The average molecular weight is 362 g/mol. The highest BCUT2D eigenvalue weighted by molar-refractivity contribution is 7.71. The Balaban J connectivity index is 1.85. The molecule has 3 aromatic rings. The lowest BCUT2D eigenvalue weighted by Crippen LogP contribution is -2.30. The van der Waals surface area contributed by atoms with Gasteiger partial charge in [0.25, 0.3) is 0 Å². The number of nitrogens with zero attached hydrogens (tertiary/aromatic N) is 7. The molecule has 3 rings (SSSR count). The van der Waals surface area contributed by atoms with Crippen molar-refractivity contribution >= 4 is 24.4 Å². The van der Waals surface area contributed by atoms with Crippen molar-refractivity contribution in [3.05, 3.63) is 58.1 Å². The molecule has 0 spiro atoms. The summed E-state index contributed by atoms with van der Waals surface area (Å²) in [6.07, 6.45) is 3.44. The van der Waals surface area contributed by atoms with Crippen LogP contribution in [0, 0.1) is 9.54 Å². The van der Waals surface area contributed by atoms with Gasteiger partial charge in [-0.25, -0.2) is 9.36 Å². The van der Waals surface area contributed by atoms with Crippen LogP contribution in [0.1, 0.15) is 5.56 Å². The molecule has 0 aliphatic rings. The van der Waals surface area contributed by atoms with Crippen LogP contribution in [0.4, 0.5) is 0 Å². The van der Waals surface area contributed by atoms with E-state index in [9.17, 15) is 0 Å². The van der Waals surface area contributed by atoms with Gasteiger partial charge in [0, 0.05) is 20.6 Å². The van der Waals surface area contributed by atoms with Crippen LogP contribution in [0.3, 0.4) is 0 Å². The van der Waals surface area contributed by atoms with E-state index in [0.29, 0.717) is 22.9 Å². The third-order valence-electron chi connectivity index (χ3n) is 3.69. The fraction of sp³-hybridized carbons (Fsp3) is 0.333. The topological polar surface area (TPSA) is 48.7 Å². The molecule has 0 atom stereocenters. The van der Waals surface area contributed by atoms with Crippen LogP contribution in [0.2, 0.25) is 0 Å². The molecule has 24 heavy (non-hydrogen) atoms. The van der Waals surface area contributed by atoms with Crippen molar-refractivity contribution in [3.8, 4) is 0 Å². The molecule has 126 valence electrons. The maximum Gasteiger partial charge on any atom is 0.198 e. The summed E-state index contributed by atoms with van der Waals surface area (Å²) in [7, 11) is 3.78. The van der Waals surface area contributed by atoms with E-state index in [2.05, 4.69) is 27.2 Å². The predicted octanol–water partition coefficient (Wildman–Crippen LogP) is 2.33. The number of hydrogen-bond acceptors (Lipinski definition) is 5. The van der Waals surface area contributed by atoms with Gasteiger partial charge in [-0.15, -0.1) is 0 Å². The number of benzene rings is 1. The first kappa shape index (κ1) is 16.7. The fourth-order valence-electron chi connectivity index (χ4n) is 2.40. The van der Waals surface area contributed by atoms with Crippen LogP contribution in [-0.2, 0) is 34.0 Å². The van der Waals surface area contributed by atoms with Crippen LogP contribution in [0.5, 0.6) is 0 Å². The van der Waals surface area contributed by atoms with E-state index < -0.39 is 0 Å². The predicted molar refractivity (Wildman–Crippen MR) is 96.0 cm³/mol. The third-order valence-corrected chi connectivity index (χ3v) is 4.69. The quantitative estimate of drug-likeness (QED) is 0.631. The highest BCUT2D eigenvalue weighted by atomic mass is 32.1. The van der Waals surface area contributed by atoms with Crippen molar-refractivity contribution in [2.24, 2.45) is 14.1 Å². The van der Waals surface area contributed by atoms with Crippen LogP contribution in [0.15, 0.2) is 43.0 Å². The second kappa shape index (κ2) is 7.20. The minimum atomic E-state index is 0.562. The van der Waals surface area contributed by atoms with E-state index >= 15 is 0 Å². The molecule has 0 saturated heterocycles. The summed E-state index contributed by atoms with van der Waals surface area (Å²) in [6, 6.07) is 10.3. The maximum atomic E-state index is 5.39. The lowest BCUT2D eigenvalue weighted by Gasteiger charge is -2.22. The average Bonchev–Trinajstić information content (AvgIpc) is 3.06. The Morgan fingerprint density at radius 2 is 1.38 bits per heavy atom. The Hall–Kier alpha value is -2.10. The molecule has 2 heterocycles. The van der Waals surface area contributed by atoms with Crippen molar-refractivity contribution in [2.45, 2.75) is 19.9 Å². The van der Waals surface area contributed by atoms with Gasteiger partial charge in [0.05, 0.1) is 13.3 Å². The number of aryl methyl sites for hydroxylation is 2. The summed E-state index contributed by atoms with van der Waals surface area (Å²) in [4.78, 5) is 2.20. The Kier molecular flexibility index (Phi) is 5.03. The Labute approximate surface area is 150 Å². The van der Waals surface area contributed by atoms with Crippen LogP contribution < -0.4 is 0 Å². The van der Waals surface area contributed by atoms with Gasteiger partial charge in [-0.3, -0.25) is 4.90 Å². The minimum absolute atomic E-state index is 0.562. The highest BCUT2D eigenvalue weighted by Crippen LogP contribution is 2.08. The number of hydrogen-bond donors (Lipinski definition) is 0. The zero-order chi connectivity index (χ0) is 17.1. The largest absolute Gasteiger partial charge is 0.310 e. The molecular weight excluding hydrogens is 342 g/mol. The van der Waals surface area contributed by atoms with Gasteiger partial charge in [0.2, 0.25) is 0 Å². The molecule has 0 unspecified atom stereocenters. The third kappa shape index (κ3) is 3.69. The Bertz CT molecular complexity index is 863. The van der Waals surface area contributed by atoms with Crippen molar-refractivity contribution in [3.63, 3.8) is 0 Å². The lowest BCUT2D eigenvalue weighted by atomic mass is 10.2. The normalized spacial score (nSPS) is 11.3. The van der Waals surface area contributed by atoms with Crippen molar-refractivity contribution in [1.29, 1.82) is 0 Å². The van der Waals surface area contributed by atoms with E-state index in [4.69, 9.17) is 24.4 Å². The first-order valence-corrected chi connectivity index (χ1v) is 8.29. The van der Waals surface area contributed by atoms with Gasteiger partial charge in [0.1, 0.15) is 12.7 Å². The fourth-order valence-corrected chi connectivity index (χ4v) is 2.70. The molecule has 0 aliphatic carbocycles. The molecule has 0 aliphatic heterocycles. The van der Waals surface area contributed by atoms with Gasteiger partial charge >= 0.3 is 0 Å². The molecule has 0 radical (unpaired) electrons. The van der Waals surface area contributed by atoms with Gasteiger partial charge in [-0.05, 0) is 30.0 Å². The Morgan fingerprint density at radius 1 is 0.875 bits per heavy atom.